The first-order chi connectivity index (χ1) is 11.7. The Labute approximate surface area is 140 Å². The highest BCUT2D eigenvalue weighted by Gasteiger charge is 2.13. The average molecular weight is 332 g/mol. The molecule has 3 rings (SSSR count). The Bertz CT molecular complexity index is 665. The molecule has 1 aromatic carbocycles. The van der Waals surface area contributed by atoms with Crippen LogP contribution < -0.4 is 15.0 Å². The lowest BCUT2D eigenvalue weighted by atomic mass is 10.3. The van der Waals surface area contributed by atoms with E-state index in [1.54, 1.807) is 18.2 Å². The fraction of sp³-hybridized carbons (Fsp3) is 0.412. The van der Waals surface area contributed by atoms with Crippen LogP contribution >= 0.6 is 0 Å². The number of aromatic nitrogens is 2. The molecule has 0 aliphatic carbocycles. The van der Waals surface area contributed by atoms with Crippen molar-refractivity contribution in [2.75, 3.05) is 43.1 Å². The Balaban J connectivity index is 1.55. The number of benzene rings is 1. The van der Waals surface area contributed by atoms with Crippen LogP contribution in [0, 0.1) is 5.82 Å². The third-order valence-corrected chi connectivity index (χ3v) is 3.72. The van der Waals surface area contributed by atoms with Gasteiger partial charge in [-0.3, -0.25) is 0 Å². The summed E-state index contributed by atoms with van der Waals surface area (Å²) in [7, 11) is 0. The summed E-state index contributed by atoms with van der Waals surface area (Å²) in [5.41, 5.74) is 0. The van der Waals surface area contributed by atoms with Crippen molar-refractivity contribution in [3.05, 3.63) is 42.5 Å². The predicted molar refractivity (Wildman–Crippen MR) is 90.0 cm³/mol. The topological polar surface area (TPSA) is 59.5 Å². The van der Waals surface area contributed by atoms with Crippen LogP contribution in [0.15, 0.2) is 36.7 Å². The summed E-state index contributed by atoms with van der Waals surface area (Å²) in [6.07, 6.45) is 1.33. The molecule has 7 heteroatoms. The number of morpholine rings is 1. The van der Waals surface area contributed by atoms with Gasteiger partial charge in [0, 0.05) is 19.2 Å². The molecule has 0 radical (unpaired) electrons. The number of nitrogens with one attached hydrogen (secondary N) is 1. The molecule has 6 nitrogen and oxygen atoms in total. The second kappa shape index (κ2) is 7.92. The number of hydrogen-bond donors (Lipinski definition) is 1. The van der Waals surface area contributed by atoms with Crippen LogP contribution in [0.4, 0.5) is 16.0 Å². The molecule has 0 amide bonds. The van der Waals surface area contributed by atoms with Gasteiger partial charge in [-0.25, -0.2) is 14.4 Å². The zero-order chi connectivity index (χ0) is 16.8. The number of rotatable bonds is 6. The van der Waals surface area contributed by atoms with Crippen LogP contribution in [0.3, 0.4) is 0 Å². The largest absolute Gasteiger partial charge is 0.486 e. The maximum Gasteiger partial charge on any atom is 0.165 e. The summed E-state index contributed by atoms with van der Waals surface area (Å²) in [5, 5.41) is 3.21. The van der Waals surface area contributed by atoms with Crippen molar-refractivity contribution in [1.29, 1.82) is 0 Å². The van der Waals surface area contributed by atoms with E-state index in [1.165, 1.54) is 12.4 Å². The third-order valence-electron chi connectivity index (χ3n) is 3.72. The second-order valence-electron chi connectivity index (χ2n) is 5.60. The van der Waals surface area contributed by atoms with Gasteiger partial charge in [0.1, 0.15) is 24.1 Å². The normalized spacial score (nSPS) is 15.8. The highest BCUT2D eigenvalue weighted by molar-refractivity contribution is 5.48. The van der Waals surface area contributed by atoms with Gasteiger partial charge in [-0.2, -0.15) is 0 Å². The summed E-state index contributed by atoms with van der Waals surface area (Å²) in [6.45, 7) is 5.45. The lowest BCUT2D eigenvalue weighted by Gasteiger charge is -2.27. The monoisotopic (exact) mass is 332 g/mol. The Morgan fingerprint density at radius 2 is 2.08 bits per heavy atom. The average Bonchev–Trinajstić information content (AvgIpc) is 2.63. The zero-order valence-corrected chi connectivity index (χ0v) is 13.6. The number of nitrogens with zero attached hydrogens (tertiary/aromatic N) is 3. The van der Waals surface area contributed by atoms with Crippen LogP contribution in [0.1, 0.15) is 6.92 Å². The molecule has 1 aliphatic heterocycles. The predicted octanol–water partition coefficient (Wildman–Crippen LogP) is 2.33. The summed E-state index contributed by atoms with van der Waals surface area (Å²) in [5.74, 6) is 1.48. The van der Waals surface area contributed by atoms with E-state index < -0.39 is 0 Å². The van der Waals surface area contributed by atoms with Crippen molar-refractivity contribution < 1.29 is 13.9 Å². The maximum absolute atomic E-state index is 13.6. The number of ether oxygens (including phenoxy) is 2. The first-order valence-electron chi connectivity index (χ1n) is 8.02. The van der Waals surface area contributed by atoms with Gasteiger partial charge in [0.25, 0.3) is 0 Å². The van der Waals surface area contributed by atoms with Crippen LogP contribution in [0.25, 0.3) is 0 Å². The van der Waals surface area contributed by atoms with Gasteiger partial charge in [0.05, 0.1) is 19.8 Å². The standard InChI is InChI=1S/C17H21FN4O2/c1-13(24-15-5-3-2-4-14(15)18)11-19-16-10-17(21-12-20-16)22-6-8-23-9-7-22/h2-5,10,12-13H,6-9,11H2,1H3,(H,19,20,21)/t13-/m1/s1. The summed E-state index contributed by atoms with van der Waals surface area (Å²) in [4.78, 5) is 10.7. The van der Waals surface area contributed by atoms with E-state index in [9.17, 15) is 4.39 Å². The molecular weight excluding hydrogens is 311 g/mol. The fourth-order valence-electron chi connectivity index (χ4n) is 2.46. The Hall–Kier alpha value is -2.41. The molecule has 128 valence electrons. The van der Waals surface area contributed by atoms with Gasteiger partial charge in [-0.1, -0.05) is 12.1 Å². The Morgan fingerprint density at radius 3 is 2.88 bits per heavy atom. The smallest absolute Gasteiger partial charge is 0.165 e. The molecule has 0 spiro atoms. The molecule has 1 atom stereocenters. The molecule has 1 fully saturated rings. The van der Waals surface area contributed by atoms with Crippen molar-refractivity contribution >= 4 is 11.6 Å². The van der Waals surface area contributed by atoms with E-state index in [0.717, 1.165) is 24.7 Å². The zero-order valence-electron chi connectivity index (χ0n) is 13.6. The van der Waals surface area contributed by atoms with Crippen LogP contribution in [0.5, 0.6) is 5.75 Å². The van der Waals surface area contributed by atoms with Gasteiger partial charge in [-0.15, -0.1) is 0 Å². The summed E-state index contributed by atoms with van der Waals surface area (Å²) >= 11 is 0. The molecule has 1 aliphatic rings. The fourth-order valence-corrected chi connectivity index (χ4v) is 2.46. The van der Waals surface area contributed by atoms with Crippen molar-refractivity contribution in [3.63, 3.8) is 0 Å². The SMILES string of the molecule is C[C@H](CNc1cc(N2CCOCC2)ncn1)Oc1ccccc1F. The number of halogens is 1. The van der Waals surface area contributed by atoms with Crippen molar-refractivity contribution in [2.45, 2.75) is 13.0 Å². The molecule has 0 unspecified atom stereocenters. The maximum atomic E-state index is 13.6. The van der Waals surface area contributed by atoms with Gasteiger partial charge >= 0.3 is 0 Å². The Kier molecular flexibility index (Phi) is 5.43. The number of para-hydroxylation sites is 1. The third kappa shape index (κ3) is 4.32. The number of anilines is 2. The molecule has 2 heterocycles. The van der Waals surface area contributed by atoms with Crippen LogP contribution in [0.2, 0.25) is 0 Å². The molecule has 2 aromatic rings. The number of hydrogen-bond acceptors (Lipinski definition) is 6. The van der Waals surface area contributed by atoms with Gasteiger partial charge in [0.15, 0.2) is 11.6 Å². The molecule has 1 aromatic heterocycles. The molecule has 1 N–H and O–H groups in total. The van der Waals surface area contributed by atoms with E-state index in [1.807, 2.05) is 13.0 Å². The summed E-state index contributed by atoms with van der Waals surface area (Å²) < 4.78 is 24.5. The molecule has 24 heavy (non-hydrogen) atoms. The highest BCUT2D eigenvalue weighted by Crippen LogP contribution is 2.18. The van der Waals surface area contributed by atoms with E-state index >= 15 is 0 Å². The van der Waals surface area contributed by atoms with Crippen LogP contribution in [-0.2, 0) is 4.74 Å². The minimum Gasteiger partial charge on any atom is -0.486 e. The van der Waals surface area contributed by atoms with E-state index in [0.29, 0.717) is 19.8 Å². The van der Waals surface area contributed by atoms with Crippen LogP contribution in [-0.4, -0.2) is 48.9 Å². The first-order valence-corrected chi connectivity index (χ1v) is 8.02. The Morgan fingerprint density at radius 1 is 1.29 bits per heavy atom. The summed E-state index contributed by atoms with van der Waals surface area (Å²) in [6, 6.07) is 8.29. The second-order valence-corrected chi connectivity index (χ2v) is 5.60. The molecule has 1 saturated heterocycles. The minimum absolute atomic E-state index is 0.205. The lowest BCUT2D eigenvalue weighted by molar-refractivity contribution is 0.122. The highest BCUT2D eigenvalue weighted by atomic mass is 19.1. The minimum atomic E-state index is -0.360. The van der Waals surface area contributed by atoms with Crippen molar-refractivity contribution in [3.8, 4) is 5.75 Å². The van der Waals surface area contributed by atoms with Crippen molar-refractivity contribution in [2.24, 2.45) is 0 Å². The molecule has 0 saturated carbocycles. The van der Waals surface area contributed by atoms with Gasteiger partial charge in [0.2, 0.25) is 0 Å². The lowest BCUT2D eigenvalue weighted by Crippen LogP contribution is -2.36. The van der Waals surface area contributed by atoms with E-state index in [2.05, 4.69) is 20.2 Å². The molecule has 0 bridgehead atoms. The molecular formula is C17H21FN4O2. The quantitative estimate of drug-likeness (QED) is 0.876. The van der Waals surface area contributed by atoms with Crippen molar-refractivity contribution in [1.82, 2.24) is 9.97 Å². The first kappa shape index (κ1) is 16.4. The van der Waals surface area contributed by atoms with Gasteiger partial charge in [-0.05, 0) is 19.1 Å². The van der Waals surface area contributed by atoms with E-state index in [4.69, 9.17) is 9.47 Å². The van der Waals surface area contributed by atoms with Gasteiger partial charge < -0.3 is 19.7 Å². The van der Waals surface area contributed by atoms with E-state index in [-0.39, 0.29) is 17.7 Å².